The summed E-state index contributed by atoms with van der Waals surface area (Å²) in [4.78, 5) is 13.9. The van der Waals surface area contributed by atoms with Gasteiger partial charge in [0, 0.05) is 25.9 Å². The zero-order valence-corrected chi connectivity index (χ0v) is 11.5. The number of nitrogens with two attached hydrogens (primary N) is 1. The molecule has 0 radical (unpaired) electrons. The van der Waals surface area contributed by atoms with Crippen LogP contribution < -0.4 is 5.73 Å². The number of ether oxygens (including phenoxy) is 1. The molecule has 1 atom stereocenters. The number of hydrogen-bond donors (Lipinski definition) is 1. The van der Waals surface area contributed by atoms with E-state index in [1.165, 1.54) is 6.42 Å². The maximum absolute atomic E-state index is 12.1. The molecule has 1 heterocycles. The smallest absolute Gasteiger partial charge is 0.226 e. The Morgan fingerprint density at radius 3 is 3.00 bits per heavy atom. The first-order chi connectivity index (χ1) is 9.15. The maximum Gasteiger partial charge on any atom is 0.226 e. The van der Waals surface area contributed by atoms with Crippen molar-refractivity contribution >= 4 is 11.6 Å². The van der Waals surface area contributed by atoms with E-state index in [-0.39, 0.29) is 12.0 Å². The Bertz CT molecular complexity index is 428. The number of hydrogen-bond acceptors (Lipinski definition) is 3. The summed E-state index contributed by atoms with van der Waals surface area (Å²) in [5.41, 5.74) is 7.37. The molecule has 1 saturated heterocycles. The molecule has 2 rings (SSSR count). The predicted octanol–water partition coefficient (Wildman–Crippen LogP) is 1.84. The summed E-state index contributed by atoms with van der Waals surface area (Å²) in [5.74, 6) is 0.111. The lowest BCUT2D eigenvalue weighted by molar-refractivity contribution is -0.131. The molecule has 1 fully saturated rings. The van der Waals surface area contributed by atoms with Crippen molar-refractivity contribution in [1.82, 2.24) is 4.90 Å². The molecule has 4 heteroatoms. The molecule has 19 heavy (non-hydrogen) atoms. The molecule has 0 bridgehead atoms. The van der Waals surface area contributed by atoms with Gasteiger partial charge < -0.3 is 15.4 Å². The Morgan fingerprint density at radius 2 is 2.32 bits per heavy atom. The minimum Gasteiger partial charge on any atom is -0.399 e. The Balaban J connectivity index is 1.84. The number of nitrogen functional groups attached to an aromatic ring is 1. The second-order valence-electron chi connectivity index (χ2n) is 5.18. The van der Waals surface area contributed by atoms with Crippen molar-refractivity contribution in [2.45, 2.75) is 31.8 Å². The summed E-state index contributed by atoms with van der Waals surface area (Å²) >= 11 is 0. The van der Waals surface area contributed by atoms with Crippen LogP contribution in [0, 0.1) is 0 Å². The normalized spacial score (nSPS) is 19.1. The summed E-state index contributed by atoms with van der Waals surface area (Å²) in [7, 11) is 1.84. The molecular weight excluding hydrogens is 240 g/mol. The first kappa shape index (κ1) is 13.9. The fraction of sp³-hybridized carbons (Fsp3) is 0.533. The number of rotatable bonds is 4. The largest absolute Gasteiger partial charge is 0.399 e. The van der Waals surface area contributed by atoms with E-state index in [0.717, 1.165) is 25.0 Å². The highest BCUT2D eigenvalue weighted by Crippen LogP contribution is 2.14. The SMILES string of the molecule is CN(CC1CCCCO1)C(=O)Cc1cccc(N)c1. The van der Waals surface area contributed by atoms with Crippen LogP contribution in [0.3, 0.4) is 0 Å². The van der Waals surface area contributed by atoms with Gasteiger partial charge in [0.15, 0.2) is 0 Å². The number of carbonyl (C=O) groups is 1. The van der Waals surface area contributed by atoms with Crippen molar-refractivity contribution in [3.8, 4) is 0 Å². The highest BCUT2D eigenvalue weighted by Gasteiger charge is 2.18. The summed E-state index contributed by atoms with van der Waals surface area (Å²) in [6.45, 7) is 1.50. The third-order valence-electron chi connectivity index (χ3n) is 3.48. The molecule has 1 unspecified atom stereocenters. The van der Waals surface area contributed by atoms with Crippen molar-refractivity contribution < 1.29 is 9.53 Å². The lowest BCUT2D eigenvalue weighted by atomic mass is 10.1. The van der Waals surface area contributed by atoms with E-state index in [2.05, 4.69) is 0 Å². The van der Waals surface area contributed by atoms with E-state index in [4.69, 9.17) is 10.5 Å². The van der Waals surface area contributed by atoms with Crippen LogP contribution in [0.5, 0.6) is 0 Å². The van der Waals surface area contributed by atoms with Gasteiger partial charge in [0.25, 0.3) is 0 Å². The molecule has 0 spiro atoms. The van der Waals surface area contributed by atoms with E-state index < -0.39 is 0 Å². The molecule has 4 nitrogen and oxygen atoms in total. The van der Waals surface area contributed by atoms with Gasteiger partial charge in [-0.2, -0.15) is 0 Å². The van der Waals surface area contributed by atoms with Crippen LogP contribution >= 0.6 is 0 Å². The molecule has 1 aromatic carbocycles. The summed E-state index contributed by atoms with van der Waals surface area (Å²) < 4.78 is 5.65. The molecule has 1 aliphatic rings. The predicted molar refractivity (Wildman–Crippen MR) is 75.8 cm³/mol. The lowest BCUT2D eigenvalue weighted by Crippen LogP contribution is -2.37. The first-order valence-corrected chi connectivity index (χ1v) is 6.85. The van der Waals surface area contributed by atoms with Gasteiger partial charge in [0.05, 0.1) is 12.5 Å². The number of carbonyl (C=O) groups excluding carboxylic acids is 1. The molecular formula is C15H22N2O2. The quantitative estimate of drug-likeness (QED) is 0.842. The molecule has 0 aromatic heterocycles. The van der Waals surface area contributed by atoms with Gasteiger partial charge >= 0.3 is 0 Å². The van der Waals surface area contributed by atoms with Crippen LogP contribution in [0.2, 0.25) is 0 Å². The van der Waals surface area contributed by atoms with Crippen molar-refractivity contribution in [2.75, 3.05) is 25.9 Å². The Kier molecular flexibility index (Phi) is 4.80. The molecule has 1 amide bonds. The minimum atomic E-state index is 0.111. The zero-order valence-electron chi connectivity index (χ0n) is 11.5. The molecule has 2 N–H and O–H groups in total. The van der Waals surface area contributed by atoms with Crippen molar-refractivity contribution in [1.29, 1.82) is 0 Å². The van der Waals surface area contributed by atoms with Gasteiger partial charge in [-0.05, 0) is 37.0 Å². The van der Waals surface area contributed by atoms with Gasteiger partial charge in [-0.25, -0.2) is 0 Å². The number of anilines is 1. The van der Waals surface area contributed by atoms with Crippen LogP contribution in [0.1, 0.15) is 24.8 Å². The maximum atomic E-state index is 12.1. The number of nitrogens with zero attached hydrogens (tertiary/aromatic N) is 1. The fourth-order valence-electron chi connectivity index (χ4n) is 2.37. The summed E-state index contributed by atoms with van der Waals surface area (Å²) in [5, 5.41) is 0. The standard InChI is InChI=1S/C15H22N2O2/c1-17(11-14-7-2-3-8-19-14)15(18)10-12-5-4-6-13(16)9-12/h4-6,9,14H,2-3,7-8,10-11,16H2,1H3. The lowest BCUT2D eigenvalue weighted by Gasteiger charge is -2.27. The topological polar surface area (TPSA) is 55.6 Å². The molecule has 0 aliphatic carbocycles. The van der Waals surface area contributed by atoms with Gasteiger partial charge in [-0.3, -0.25) is 4.79 Å². The Morgan fingerprint density at radius 1 is 1.47 bits per heavy atom. The average molecular weight is 262 g/mol. The van der Waals surface area contributed by atoms with Gasteiger partial charge in [0.1, 0.15) is 0 Å². The highest BCUT2D eigenvalue weighted by molar-refractivity contribution is 5.78. The number of amides is 1. The van der Waals surface area contributed by atoms with E-state index in [1.807, 2.05) is 31.3 Å². The fourth-order valence-corrected chi connectivity index (χ4v) is 2.37. The average Bonchev–Trinajstić information content (AvgIpc) is 2.40. The zero-order chi connectivity index (χ0) is 13.7. The van der Waals surface area contributed by atoms with Crippen molar-refractivity contribution in [3.63, 3.8) is 0 Å². The van der Waals surface area contributed by atoms with Crippen LogP contribution in [0.15, 0.2) is 24.3 Å². The van der Waals surface area contributed by atoms with E-state index in [1.54, 1.807) is 4.90 Å². The summed E-state index contributed by atoms with van der Waals surface area (Å²) in [6.07, 6.45) is 3.98. The van der Waals surface area contributed by atoms with Gasteiger partial charge in [-0.15, -0.1) is 0 Å². The van der Waals surface area contributed by atoms with E-state index in [9.17, 15) is 4.79 Å². The minimum absolute atomic E-state index is 0.111. The Hall–Kier alpha value is -1.55. The third-order valence-corrected chi connectivity index (χ3v) is 3.48. The monoisotopic (exact) mass is 262 g/mol. The van der Waals surface area contributed by atoms with Gasteiger partial charge in [0.2, 0.25) is 5.91 Å². The van der Waals surface area contributed by atoms with Crippen LogP contribution in [0.4, 0.5) is 5.69 Å². The van der Waals surface area contributed by atoms with Crippen LogP contribution in [0.25, 0.3) is 0 Å². The molecule has 0 saturated carbocycles. The second-order valence-corrected chi connectivity index (χ2v) is 5.18. The molecule has 1 aliphatic heterocycles. The molecule has 1 aromatic rings. The second kappa shape index (κ2) is 6.57. The number of likely N-dealkylation sites (N-methyl/N-ethyl adjacent to an activating group) is 1. The summed E-state index contributed by atoms with van der Waals surface area (Å²) in [6, 6.07) is 7.48. The van der Waals surface area contributed by atoms with Gasteiger partial charge in [-0.1, -0.05) is 12.1 Å². The van der Waals surface area contributed by atoms with Crippen molar-refractivity contribution in [3.05, 3.63) is 29.8 Å². The highest BCUT2D eigenvalue weighted by atomic mass is 16.5. The Labute approximate surface area is 114 Å². The van der Waals surface area contributed by atoms with E-state index >= 15 is 0 Å². The van der Waals surface area contributed by atoms with E-state index in [0.29, 0.717) is 18.7 Å². The van der Waals surface area contributed by atoms with Crippen LogP contribution in [-0.2, 0) is 16.0 Å². The third kappa shape index (κ3) is 4.24. The first-order valence-electron chi connectivity index (χ1n) is 6.85. The van der Waals surface area contributed by atoms with Crippen LogP contribution in [-0.4, -0.2) is 37.1 Å². The molecule has 104 valence electrons. The van der Waals surface area contributed by atoms with Crippen molar-refractivity contribution in [2.24, 2.45) is 0 Å². The number of benzene rings is 1.